The van der Waals surface area contributed by atoms with Crippen LogP contribution in [0.15, 0.2) is 22.1 Å². The van der Waals surface area contributed by atoms with Gasteiger partial charge < -0.3 is 10.4 Å². The Kier molecular flexibility index (Phi) is 5.92. The van der Waals surface area contributed by atoms with Gasteiger partial charge in [0, 0.05) is 26.2 Å². The molecule has 1 aliphatic carbocycles. The second-order valence-corrected chi connectivity index (χ2v) is 5.49. The fourth-order valence-corrected chi connectivity index (χ4v) is 1.74. The van der Waals surface area contributed by atoms with Crippen molar-refractivity contribution in [2.24, 2.45) is 9.98 Å². The number of nitrogens with one attached hydrogen (secondary N) is 1. The Morgan fingerprint density at radius 2 is 2.19 bits per heavy atom. The van der Waals surface area contributed by atoms with Crippen molar-refractivity contribution in [3.63, 3.8) is 0 Å². The Morgan fingerprint density at radius 1 is 1.43 bits per heavy atom. The number of rotatable bonds is 8. The molecule has 0 radical (unpaired) electrons. The van der Waals surface area contributed by atoms with Crippen LogP contribution in [0.3, 0.4) is 0 Å². The molecule has 116 valence electrons. The van der Waals surface area contributed by atoms with Gasteiger partial charge in [0.2, 0.25) is 5.96 Å². The molecule has 0 aromatic heterocycles. The minimum absolute atomic E-state index is 0.0243. The third kappa shape index (κ3) is 7.04. The van der Waals surface area contributed by atoms with E-state index < -0.39 is 5.97 Å². The zero-order valence-electron chi connectivity index (χ0n) is 12.6. The molecule has 1 saturated heterocycles. The highest BCUT2D eigenvalue weighted by atomic mass is 16.4. The summed E-state index contributed by atoms with van der Waals surface area (Å²) in [7, 11) is 0. The third-order valence-electron chi connectivity index (χ3n) is 3.16. The summed E-state index contributed by atoms with van der Waals surface area (Å²) >= 11 is 0. The summed E-state index contributed by atoms with van der Waals surface area (Å²) in [5, 5.41) is 12.0. The van der Waals surface area contributed by atoms with E-state index in [0.717, 1.165) is 51.2 Å². The second-order valence-electron chi connectivity index (χ2n) is 5.49. The molecule has 0 bridgehead atoms. The lowest BCUT2D eigenvalue weighted by Crippen LogP contribution is -2.25. The highest BCUT2D eigenvalue weighted by Crippen LogP contribution is 2.23. The molecule has 2 aliphatic rings. The number of nitrogens with zero attached hydrogens (tertiary/aromatic N) is 3. The van der Waals surface area contributed by atoms with Crippen molar-refractivity contribution >= 4 is 17.6 Å². The van der Waals surface area contributed by atoms with E-state index >= 15 is 0 Å². The average Bonchev–Trinajstić information content (AvgIpc) is 3.31. The van der Waals surface area contributed by atoms with E-state index in [9.17, 15) is 4.79 Å². The van der Waals surface area contributed by atoms with Gasteiger partial charge in [-0.05, 0) is 25.3 Å². The van der Waals surface area contributed by atoms with Gasteiger partial charge in [-0.2, -0.15) is 0 Å². The molecule has 1 heterocycles. The normalized spacial score (nSPS) is 20.0. The first-order chi connectivity index (χ1) is 10.2. The lowest BCUT2D eigenvalue weighted by molar-refractivity contribution is -0.135. The van der Waals surface area contributed by atoms with Crippen molar-refractivity contribution in [1.82, 2.24) is 10.2 Å². The van der Waals surface area contributed by atoms with Crippen LogP contribution in [0.5, 0.6) is 0 Å². The zero-order valence-corrected chi connectivity index (χ0v) is 12.6. The number of carboxylic acids is 1. The number of aliphatic carboxylic acids is 1. The molecule has 1 saturated carbocycles. The van der Waals surface area contributed by atoms with Crippen molar-refractivity contribution in [2.75, 3.05) is 26.2 Å². The number of aliphatic imine (C=N–C) groups is 2. The Hall–Kier alpha value is -1.69. The summed E-state index contributed by atoms with van der Waals surface area (Å²) in [5.74, 6) is -0.135. The lowest BCUT2D eigenvalue weighted by atomic mass is 10.3. The zero-order chi connectivity index (χ0) is 15.1. The van der Waals surface area contributed by atoms with E-state index in [1.807, 2.05) is 6.08 Å². The first kappa shape index (κ1) is 15.7. The molecule has 1 aliphatic heterocycles. The van der Waals surface area contributed by atoms with Gasteiger partial charge in [0.05, 0.1) is 18.2 Å². The second kappa shape index (κ2) is 7.93. The van der Waals surface area contributed by atoms with Crippen LogP contribution in [-0.2, 0) is 4.79 Å². The van der Waals surface area contributed by atoms with Gasteiger partial charge in [-0.15, -0.1) is 0 Å². The van der Waals surface area contributed by atoms with E-state index in [-0.39, 0.29) is 6.42 Å². The summed E-state index contributed by atoms with van der Waals surface area (Å²) in [4.78, 5) is 22.0. The fraction of sp³-hybridized carbons (Fsp3) is 0.667. The van der Waals surface area contributed by atoms with Crippen LogP contribution >= 0.6 is 0 Å². The third-order valence-corrected chi connectivity index (χ3v) is 3.16. The highest BCUT2D eigenvalue weighted by Gasteiger charge is 2.22. The van der Waals surface area contributed by atoms with Gasteiger partial charge in [0.15, 0.2) is 0 Å². The van der Waals surface area contributed by atoms with Gasteiger partial charge in [-0.25, -0.2) is 9.98 Å². The Morgan fingerprint density at radius 3 is 2.76 bits per heavy atom. The van der Waals surface area contributed by atoms with E-state index in [1.54, 1.807) is 6.08 Å². The first-order valence-corrected chi connectivity index (χ1v) is 7.67. The van der Waals surface area contributed by atoms with Crippen molar-refractivity contribution < 1.29 is 9.90 Å². The molecule has 6 nitrogen and oxygen atoms in total. The van der Waals surface area contributed by atoms with Crippen molar-refractivity contribution in [1.29, 1.82) is 0 Å². The topological polar surface area (TPSA) is 77.1 Å². The summed E-state index contributed by atoms with van der Waals surface area (Å²) < 4.78 is 0. The smallest absolute Gasteiger partial charge is 0.307 e. The molecule has 0 atom stereocenters. The van der Waals surface area contributed by atoms with Gasteiger partial charge in [0.25, 0.3) is 0 Å². The molecule has 0 aromatic carbocycles. The minimum Gasteiger partial charge on any atom is -0.481 e. The van der Waals surface area contributed by atoms with Crippen LogP contribution in [0.25, 0.3) is 0 Å². The Bertz CT molecular complexity index is 449. The van der Waals surface area contributed by atoms with Gasteiger partial charge >= 0.3 is 5.97 Å². The maximum Gasteiger partial charge on any atom is 0.307 e. The van der Waals surface area contributed by atoms with Gasteiger partial charge in [-0.3, -0.25) is 9.69 Å². The number of hydrogen-bond acceptors (Lipinski definition) is 3. The molecule has 0 spiro atoms. The van der Waals surface area contributed by atoms with Gasteiger partial charge in [0.1, 0.15) is 0 Å². The van der Waals surface area contributed by atoms with Crippen molar-refractivity contribution in [3.8, 4) is 0 Å². The summed E-state index contributed by atoms with van der Waals surface area (Å²) in [5.41, 5.74) is 0.872. The number of hydrogen-bond donors (Lipinski definition) is 2. The first-order valence-electron chi connectivity index (χ1n) is 7.67. The Labute approximate surface area is 125 Å². The lowest BCUT2D eigenvalue weighted by Gasteiger charge is -2.07. The minimum atomic E-state index is -0.826. The van der Waals surface area contributed by atoms with E-state index in [2.05, 4.69) is 27.1 Å². The van der Waals surface area contributed by atoms with E-state index in [1.165, 1.54) is 0 Å². The van der Waals surface area contributed by atoms with E-state index in [0.29, 0.717) is 12.0 Å². The monoisotopic (exact) mass is 292 g/mol. The predicted molar refractivity (Wildman–Crippen MR) is 84.0 cm³/mol. The van der Waals surface area contributed by atoms with Crippen LogP contribution < -0.4 is 5.32 Å². The largest absolute Gasteiger partial charge is 0.481 e. The standard InChI is InChI=1S/C15H24N4O2/c1-2-8-16-15(17-12-6-7-12)18-13(11-19-9-10-19)4-3-5-14(20)21/h3-4,12H,2,5-11H2,1H3,(H,16,17)(H,20,21)/b4-3-,18-13?. The quantitative estimate of drug-likeness (QED) is 0.401. The van der Waals surface area contributed by atoms with Crippen LogP contribution in [0.4, 0.5) is 0 Å². The predicted octanol–water partition coefficient (Wildman–Crippen LogP) is 1.29. The van der Waals surface area contributed by atoms with Gasteiger partial charge in [-0.1, -0.05) is 13.0 Å². The number of carboxylic acid groups (broad SMARTS) is 1. The highest BCUT2D eigenvalue weighted by molar-refractivity contribution is 6.04. The molecule has 0 aromatic rings. The van der Waals surface area contributed by atoms with Crippen LogP contribution in [-0.4, -0.2) is 59.9 Å². The molecule has 2 rings (SSSR count). The summed E-state index contributed by atoms with van der Waals surface area (Å²) in [6, 6.07) is 0.415. The summed E-state index contributed by atoms with van der Waals surface area (Å²) in [6.45, 7) is 5.89. The average molecular weight is 292 g/mol. The molecule has 2 N–H and O–H groups in total. The molecule has 6 heteroatoms. The molecule has 0 unspecified atom stereocenters. The molecular weight excluding hydrogens is 268 g/mol. The maximum absolute atomic E-state index is 10.6. The molecule has 0 amide bonds. The molecule has 21 heavy (non-hydrogen) atoms. The summed E-state index contributed by atoms with van der Waals surface area (Å²) in [6.07, 6.45) is 6.79. The maximum atomic E-state index is 10.6. The number of guanidine groups is 1. The van der Waals surface area contributed by atoms with Crippen LogP contribution in [0.1, 0.15) is 32.6 Å². The molecular formula is C15H24N4O2. The number of carbonyl (C=O) groups is 1. The van der Waals surface area contributed by atoms with E-state index in [4.69, 9.17) is 5.11 Å². The SMILES string of the molecule is CCCNC(N=C(/C=C\CC(=O)O)CN1CC1)=NC1CC1. The van der Waals surface area contributed by atoms with Crippen molar-refractivity contribution in [2.45, 2.75) is 38.6 Å². The van der Waals surface area contributed by atoms with Crippen LogP contribution in [0, 0.1) is 0 Å². The Balaban J connectivity index is 2.02. The van der Waals surface area contributed by atoms with Crippen LogP contribution in [0.2, 0.25) is 0 Å². The van der Waals surface area contributed by atoms with Crippen molar-refractivity contribution in [3.05, 3.63) is 12.2 Å². The fourth-order valence-electron chi connectivity index (χ4n) is 1.74. The molecule has 2 fully saturated rings.